The molecule has 1 atom stereocenters. The number of benzene rings is 1. The van der Waals surface area contributed by atoms with Crippen LogP contribution in [0.3, 0.4) is 0 Å². The van der Waals surface area contributed by atoms with E-state index in [2.05, 4.69) is 0 Å². The van der Waals surface area contributed by atoms with Crippen molar-refractivity contribution in [2.75, 3.05) is 6.61 Å². The maximum absolute atomic E-state index is 12.5. The second-order valence-corrected chi connectivity index (χ2v) is 5.33. The Kier molecular flexibility index (Phi) is 3.97. The number of ether oxygens (including phenoxy) is 1. The number of carbonyl (C=O) groups is 3. The number of aliphatic carboxylic acids is 1. The molecule has 0 saturated heterocycles. The van der Waals surface area contributed by atoms with Crippen LogP contribution in [0, 0.1) is 0 Å². The van der Waals surface area contributed by atoms with Crippen molar-refractivity contribution in [2.45, 2.75) is 18.9 Å². The molecule has 0 spiro atoms. The van der Waals surface area contributed by atoms with Gasteiger partial charge in [-0.25, -0.2) is 4.79 Å². The molecule has 0 saturated carbocycles. The molecule has 23 heavy (non-hydrogen) atoms. The highest BCUT2D eigenvalue weighted by atomic mass is 16.5. The maximum Gasteiger partial charge on any atom is 0.341 e. The van der Waals surface area contributed by atoms with Gasteiger partial charge >= 0.3 is 11.9 Å². The summed E-state index contributed by atoms with van der Waals surface area (Å²) >= 11 is 0. The number of fused-ring (bicyclic) bond motifs is 1. The lowest BCUT2D eigenvalue weighted by Crippen LogP contribution is -2.18. The van der Waals surface area contributed by atoms with Crippen molar-refractivity contribution in [1.29, 1.82) is 0 Å². The molecule has 0 fully saturated rings. The minimum atomic E-state index is -1.19. The minimum absolute atomic E-state index is 0.101. The fourth-order valence-corrected chi connectivity index (χ4v) is 2.85. The second kappa shape index (κ2) is 6.08. The van der Waals surface area contributed by atoms with Crippen LogP contribution in [0.4, 0.5) is 0 Å². The van der Waals surface area contributed by atoms with Gasteiger partial charge in [0.25, 0.3) is 0 Å². The molecular weight excluding hydrogens is 298 g/mol. The van der Waals surface area contributed by atoms with E-state index in [9.17, 15) is 14.4 Å². The van der Waals surface area contributed by atoms with Crippen LogP contribution < -0.4 is 0 Å². The van der Waals surface area contributed by atoms with Gasteiger partial charge in [-0.3, -0.25) is 9.59 Å². The average molecular weight is 313 g/mol. The van der Waals surface area contributed by atoms with E-state index < -0.39 is 24.5 Å². The quantitative estimate of drug-likeness (QED) is 0.672. The molecule has 0 bridgehead atoms. The zero-order chi connectivity index (χ0) is 16.4. The van der Waals surface area contributed by atoms with Gasteiger partial charge in [0.1, 0.15) is 0 Å². The first kappa shape index (κ1) is 15.0. The van der Waals surface area contributed by atoms with E-state index in [1.165, 1.54) is 0 Å². The molecule has 2 aromatic rings. The first-order chi connectivity index (χ1) is 11.1. The second-order valence-electron chi connectivity index (χ2n) is 5.33. The molecule has 0 amide bonds. The number of nitrogens with zero attached hydrogens (tertiary/aromatic N) is 1. The molecule has 118 valence electrons. The van der Waals surface area contributed by atoms with Crippen LogP contribution in [-0.4, -0.2) is 34.0 Å². The van der Waals surface area contributed by atoms with Crippen LogP contribution in [0.5, 0.6) is 0 Å². The molecular formula is C17H15NO5. The molecule has 6 nitrogen and oxygen atoms in total. The summed E-state index contributed by atoms with van der Waals surface area (Å²) in [5.74, 6) is -2.38. The summed E-state index contributed by atoms with van der Waals surface area (Å²) in [6.07, 6.45) is 0.504. The summed E-state index contributed by atoms with van der Waals surface area (Å²) in [5.41, 5.74) is 1.81. The van der Waals surface area contributed by atoms with Crippen molar-refractivity contribution in [3.63, 3.8) is 0 Å². The number of esters is 1. The smallest absolute Gasteiger partial charge is 0.341 e. The van der Waals surface area contributed by atoms with Crippen LogP contribution in [0.1, 0.15) is 34.1 Å². The third kappa shape index (κ3) is 2.88. The number of ketones is 1. The van der Waals surface area contributed by atoms with Gasteiger partial charge in [0, 0.05) is 17.8 Å². The SMILES string of the molecule is O=C(O)COC(=O)[C@H]1CCn2c(C(=O)c3ccccc3)ccc21. The Bertz CT molecular complexity index is 763. The van der Waals surface area contributed by atoms with Gasteiger partial charge in [-0.2, -0.15) is 0 Å². The molecule has 3 rings (SSSR count). The fraction of sp³-hybridized carbons (Fsp3) is 0.235. The topological polar surface area (TPSA) is 85.6 Å². The maximum atomic E-state index is 12.5. The number of carboxylic acids is 1. The van der Waals surface area contributed by atoms with Crippen LogP contribution in [-0.2, 0) is 20.9 Å². The van der Waals surface area contributed by atoms with Crippen molar-refractivity contribution < 1.29 is 24.2 Å². The lowest BCUT2D eigenvalue weighted by molar-refractivity contribution is -0.156. The molecule has 1 aromatic carbocycles. The highest BCUT2D eigenvalue weighted by Gasteiger charge is 2.33. The lowest BCUT2D eigenvalue weighted by Gasteiger charge is -2.08. The Labute approximate surface area is 132 Å². The van der Waals surface area contributed by atoms with E-state index in [-0.39, 0.29) is 5.78 Å². The predicted molar refractivity (Wildman–Crippen MR) is 80.3 cm³/mol. The fourth-order valence-electron chi connectivity index (χ4n) is 2.85. The monoisotopic (exact) mass is 313 g/mol. The van der Waals surface area contributed by atoms with E-state index in [1.807, 2.05) is 10.6 Å². The Hall–Kier alpha value is -2.89. The number of aromatic nitrogens is 1. The molecule has 1 aromatic heterocycles. The average Bonchev–Trinajstić information content (AvgIpc) is 3.14. The molecule has 2 heterocycles. The van der Waals surface area contributed by atoms with Crippen molar-refractivity contribution in [2.24, 2.45) is 0 Å². The molecule has 1 aliphatic heterocycles. The van der Waals surface area contributed by atoms with Gasteiger partial charge in [-0.15, -0.1) is 0 Å². The van der Waals surface area contributed by atoms with E-state index >= 15 is 0 Å². The van der Waals surface area contributed by atoms with Gasteiger partial charge in [-0.1, -0.05) is 30.3 Å². The van der Waals surface area contributed by atoms with E-state index in [0.29, 0.717) is 29.9 Å². The van der Waals surface area contributed by atoms with Crippen molar-refractivity contribution in [3.8, 4) is 0 Å². The normalized spacial score (nSPS) is 15.9. The zero-order valence-corrected chi connectivity index (χ0v) is 12.3. The summed E-state index contributed by atoms with van der Waals surface area (Å²) in [7, 11) is 0. The number of carbonyl (C=O) groups excluding carboxylic acids is 2. The Balaban J connectivity index is 1.81. The van der Waals surface area contributed by atoms with Crippen LogP contribution in [0.15, 0.2) is 42.5 Å². The molecule has 6 heteroatoms. The molecule has 0 radical (unpaired) electrons. The van der Waals surface area contributed by atoms with Gasteiger partial charge in [-0.05, 0) is 18.6 Å². The summed E-state index contributed by atoms with van der Waals surface area (Å²) in [6, 6.07) is 12.4. The largest absolute Gasteiger partial charge is 0.479 e. The van der Waals surface area contributed by atoms with Crippen LogP contribution >= 0.6 is 0 Å². The van der Waals surface area contributed by atoms with Crippen LogP contribution in [0.2, 0.25) is 0 Å². The first-order valence-electron chi connectivity index (χ1n) is 7.25. The molecule has 1 N–H and O–H groups in total. The third-order valence-corrected chi connectivity index (χ3v) is 3.90. The third-order valence-electron chi connectivity index (χ3n) is 3.90. The lowest BCUT2D eigenvalue weighted by atomic mass is 10.1. The summed E-state index contributed by atoms with van der Waals surface area (Å²) < 4.78 is 6.57. The van der Waals surface area contributed by atoms with Crippen molar-refractivity contribution in [3.05, 3.63) is 59.4 Å². The highest BCUT2D eigenvalue weighted by Crippen LogP contribution is 2.32. The van der Waals surface area contributed by atoms with Gasteiger partial charge in [0.15, 0.2) is 6.61 Å². The first-order valence-corrected chi connectivity index (χ1v) is 7.25. The van der Waals surface area contributed by atoms with Gasteiger partial charge in [0.05, 0.1) is 11.6 Å². The van der Waals surface area contributed by atoms with Crippen LogP contribution in [0.25, 0.3) is 0 Å². The standard InChI is InChI=1S/C17H15NO5/c19-15(20)10-23-17(22)12-8-9-18-13(12)6-7-14(18)16(21)11-4-2-1-3-5-11/h1-7,12H,8-10H2,(H,19,20)/t12-/m0/s1. The molecule has 1 aliphatic rings. The highest BCUT2D eigenvalue weighted by molar-refractivity contribution is 6.08. The van der Waals surface area contributed by atoms with Gasteiger partial charge in [0.2, 0.25) is 5.78 Å². The molecule has 0 unspecified atom stereocenters. The predicted octanol–water partition coefficient (Wildman–Crippen LogP) is 1.83. The number of rotatable bonds is 5. The van der Waals surface area contributed by atoms with Crippen molar-refractivity contribution in [1.82, 2.24) is 4.57 Å². The molecule has 0 aliphatic carbocycles. The number of carboxylic acid groups (broad SMARTS) is 1. The van der Waals surface area contributed by atoms with E-state index in [4.69, 9.17) is 9.84 Å². The Morgan fingerprint density at radius 3 is 2.57 bits per heavy atom. The van der Waals surface area contributed by atoms with E-state index in [0.717, 1.165) is 0 Å². The zero-order valence-electron chi connectivity index (χ0n) is 12.3. The van der Waals surface area contributed by atoms with E-state index in [1.54, 1.807) is 36.4 Å². The summed E-state index contributed by atoms with van der Waals surface area (Å²) in [6.45, 7) is -0.116. The minimum Gasteiger partial charge on any atom is -0.479 e. The summed E-state index contributed by atoms with van der Waals surface area (Å²) in [5, 5.41) is 8.58. The number of hydrogen-bond donors (Lipinski definition) is 1. The Morgan fingerprint density at radius 2 is 1.87 bits per heavy atom. The Morgan fingerprint density at radius 1 is 1.13 bits per heavy atom. The summed E-state index contributed by atoms with van der Waals surface area (Å²) in [4.78, 5) is 35.0. The van der Waals surface area contributed by atoms with Gasteiger partial charge < -0.3 is 14.4 Å². The number of hydrogen-bond acceptors (Lipinski definition) is 4. The van der Waals surface area contributed by atoms with Crippen molar-refractivity contribution >= 4 is 17.7 Å².